The highest BCUT2D eigenvalue weighted by atomic mass is 35.5. The van der Waals surface area contributed by atoms with Crippen molar-refractivity contribution in [1.82, 2.24) is 9.78 Å². The van der Waals surface area contributed by atoms with E-state index >= 15 is 0 Å². The van der Waals surface area contributed by atoms with Gasteiger partial charge in [-0.3, -0.25) is 19.7 Å². The van der Waals surface area contributed by atoms with Gasteiger partial charge in [-0.15, -0.1) is 11.3 Å². The Morgan fingerprint density at radius 1 is 1.23 bits per heavy atom. The maximum atomic E-state index is 13.4. The molecule has 12 heteroatoms. The fourth-order valence-corrected chi connectivity index (χ4v) is 4.50. The zero-order chi connectivity index (χ0) is 25.1. The van der Waals surface area contributed by atoms with Gasteiger partial charge in [-0.1, -0.05) is 29.8 Å². The smallest absolute Gasteiger partial charge is 0.359 e. The van der Waals surface area contributed by atoms with E-state index in [0.717, 1.165) is 16.0 Å². The topological polar surface area (TPSA) is 133 Å². The molecular formula is C23H17ClN4O6S. The molecule has 0 unspecified atom stereocenters. The van der Waals surface area contributed by atoms with Crippen LogP contribution in [0.25, 0.3) is 16.5 Å². The Morgan fingerprint density at radius 3 is 2.63 bits per heavy atom. The van der Waals surface area contributed by atoms with E-state index in [4.69, 9.17) is 16.3 Å². The van der Waals surface area contributed by atoms with Crippen LogP contribution in [-0.4, -0.2) is 33.2 Å². The largest absolute Gasteiger partial charge is 0.461 e. The summed E-state index contributed by atoms with van der Waals surface area (Å²) in [6.45, 7) is 1.76. The van der Waals surface area contributed by atoms with Crippen LogP contribution in [-0.2, 0) is 16.0 Å². The van der Waals surface area contributed by atoms with Crippen LogP contribution in [0.2, 0.25) is 5.02 Å². The number of carbonyl (C=O) groups excluding carboxylic acids is 2. The molecule has 0 fully saturated rings. The standard InChI is InChI=1S/C23H17ClN4O6S/c1-2-34-23(31)20-17-12-35-21(25-18(29)10-13-6-8-15(9-7-13)28(32)33)19(17)22(30)27(26-20)16-5-3-4-14(24)11-16/h3-9,11-12H,2,10H2,1H3,(H,25,29). The lowest BCUT2D eigenvalue weighted by Gasteiger charge is -2.10. The van der Waals surface area contributed by atoms with E-state index in [1.165, 1.54) is 30.3 Å². The summed E-state index contributed by atoms with van der Waals surface area (Å²) >= 11 is 7.14. The summed E-state index contributed by atoms with van der Waals surface area (Å²) in [5, 5.41) is 20.3. The van der Waals surface area contributed by atoms with Crippen molar-refractivity contribution in [2.75, 3.05) is 11.9 Å². The molecule has 178 valence electrons. The third kappa shape index (κ3) is 5.05. The molecule has 0 aliphatic rings. The minimum atomic E-state index is -0.713. The average Bonchev–Trinajstić information content (AvgIpc) is 3.23. The summed E-state index contributed by atoms with van der Waals surface area (Å²) in [7, 11) is 0. The number of amides is 1. The van der Waals surface area contributed by atoms with Crippen molar-refractivity contribution < 1.29 is 19.2 Å². The molecule has 0 aliphatic heterocycles. The number of hydrogen-bond acceptors (Lipinski definition) is 8. The SMILES string of the molecule is CCOC(=O)c1nn(-c2cccc(Cl)c2)c(=O)c2c(NC(=O)Cc3ccc([N+](=O)[O-])cc3)scc12. The van der Waals surface area contributed by atoms with E-state index in [0.29, 0.717) is 16.3 Å². The first-order chi connectivity index (χ1) is 16.8. The zero-order valence-corrected chi connectivity index (χ0v) is 19.8. The summed E-state index contributed by atoms with van der Waals surface area (Å²) in [4.78, 5) is 49.0. The second-order valence-electron chi connectivity index (χ2n) is 7.27. The van der Waals surface area contributed by atoms with Gasteiger partial charge < -0.3 is 10.1 Å². The number of halogens is 1. The normalized spacial score (nSPS) is 10.8. The number of rotatable bonds is 7. The lowest BCUT2D eigenvalue weighted by molar-refractivity contribution is -0.384. The fraction of sp³-hybridized carbons (Fsp3) is 0.130. The minimum absolute atomic E-state index is 0.0737. The van der Waals surface area contributed by atoms with Crippen molar-refractivity contribution in [1.29, 1.82) is 0 Å². The van der Waals surface area contributed by atoms with E-state index in [-0.39, 0.29) is 40.2 Å². The highest BCUT2D eigenvalue weighted by Gasteiger charge is 2.23. The van der Waals surface area contributed by atoms with Crippen molar-refractivity contribution in [2.24, 2.45) is 0 Å². The van der Waals surface area contributed by atoms with Crippen molar-refractivity contribution in [3.63, 3.8) is 0 Å². The number of hydrogen-bond donors (Lipinski definition) is 1. The first kappa shape index (κ1) is 24.0. The number of ether oxygens (including phenoxy) is 1. The quantitative estimate of drug-likeness (QED) is 0.221. The van der Waals surface area contributed by atoms with Crippen LogP contribution >= 0.6 is 22.9 Å². The molecule has 4 rings (SSSR count). The summed E-state index contributed by atoms with van der Waals surface area (Å²) < 4.78 is 6.15. The lowest BCUT2D eigenvalue weighted by atomic mass is 10.1. The Hall–Kier alpha value is -4.09. The third-order valence-electron chi connectivity index (χ3n) is 4.94. The van der Waals surface area contributed by atoms with Crippen LogP contribution in [0.4, 0.5) is 10.7 Å². The summed E-state index contributed by atoms with van der Waals surface area (Å²) in [6, 6.07) is 12.0. The number of esters is 1. The van der Waals surface area contributed by atoms with Crippen LogP contribution in [0.1, 0.15) is 23.0 Å². The second-order valence-corrected chi connectivity index (χ2v) is 8.58. The molecule has 0 bridgehead atoms. The van der Waals surface area contributed by atoms with Crippen molar-refractivity contribution >= 4 is 56.3 Å². The number of nitro groups is 1. The van der Waals surface area contributed by atoms with Crippen LogP contribution < -0.4 is 10.9 Å². The molecule has 0 saturated carbocycles. The molecule has 0 saturated heterocycles. The Kier molecular flexibility index (Phi) is 6.90. The minimum Gasteiger partial charge on any atom is -0.461 e. The van der Waals surface area contributed by atoms with Crippen molar-refractivity contribution in [2.45, 2.75) is 13.3 Å². The van der Waals surface area contributed by atoms with E-state index < -0.39 is 22.4 Å². The molecule has 1 N–H and O–H groups in total. The molecule has 35 heavy (non-hydrogen) atoms. The molecule has 4 aromatic rings. The van der Waals surface area contributed by atoms with Gasteiger partial charge in [0.1, 0.15) is 5.00 Å². The Bertz CT molecular complexity index is 1510. The maximum absolute atomic E-state index is 13.4. The number of non-ortho nitro benzene ring substituents is 1. The zero-order valence-electron chi connectivity index (χ0n) is 18.2. The number of fused-ring (bicyclic) bond motifs is 1. The molecular weight excluding hydrogens is 496 g/mol. The van der Waals surface area contributed by atoms with Crippen molar-refractivity contribution in [3.05, 3.63) is 90.7 Å². The van der Waals surface area contributed by atoms with Gasteiger partial charge in [0.05, 0.1) is 29.0 Å². The first-order valence-electron chi connectivity index (χ1n) is 10.3. The van der Waals surface area contributed by atoms with E-state index in [9.17, 15) is 24.5 Å². The predicted molar refractivity (Wildman–Crippen MR) is 132 cm³/mol. The fourth-order valence-electron chi connectivity index (χ4n) is 3.37. The van der Waals surface area contributed by atoms with Gasteiger partial charge >= 0.3 is 5.97 Å². The van der Waals surface area contributed by atoms with Crippen LogP contribution in [0, 0.1) is 10.1 Å². The van der Waals surface area contributed by atoms with Gasteiger partial charge in [-0.25, -0.2) is 4.79 Å². The molecule has 0 spiro atoms. The van der Waals surface area contributed by atoms with E-state index in [1.807, 2.05) is 0 Å². The number of carbonyl (C=O) groups is 2. The average molecular weight is 513 g/mol. The Labute approximate surface area is 206 Å². The van der Waals surface area contributed by atoms with Gasteiger partial charge in [-0.2, -0.15) is 9.78 Å². The number of nitro benzene ring substituents is 1. The van der Waals surface area contributed by atoms with Crippen LogP contribution in [0.5, 0.6) is 0 Å². The number of anilines is 1. The van der Waals surface area contributed by atoms with Crippen LogP contribution in [0.3, 0.4) is 0 Å². The number of nitrogens with zero attached hydrogens (tertiary/aromatic N) is 3. The molecule has 2 aromatic carbocycles. The Balaban J connectivity index is 1.74. The molecule has 0 atom stereocenters. The highest BCUT2D eigenvalue weighted by Crippen LogP contribution is 2.31. The summed E-state index contributed by atoms with van der Waals surface area (Å²) in [5.41, 5.74) is 0.179. The number of thiophene rings is 1. The highest BCUT2D eigenvalue weighted by molar-refractivity contribution is 7.16. The maximum Gasteiger partial charge on any atom is 0.359 e. The second kappa shape index (κ2) is 10.0. The van der Waals surface area contributed by atoms with Gasteiger partial charge in [0.25, 0.3) is 11.2 Å². The molecule has 0 aliphatic carbocycles. The molecule has 10 nitrogen and oxygen atoms in total. The molecule has 2 aromatic heterocycles. The monoisotopic (exact) mass is 512 g/mol. The predicted octanol–water partition coefficient (Wildman–Crippen LogP) is 4.37. The number of aromatic nitrogens is 2. The van der Waals surface area contributed by atoms with Gasteiger partial charge in [-0.05, 0) is 30.7 Å². The molecule has 0 radical (unpaired) electrons. The third-order valence-corrected chi connectivity index (χ3v) is 6.07. The lowest BCUT2D eigenvalue weighted by Crippen LogP contribution is -2.25. The summed E-state index contributed by atoms with van der Waals surface area (Å²) in [5.74, 6) is -1.15. The number of benzene rings is 2. The molecule has 1 amide bonds. The van der Waals surface area contributed by atoms with E-state index in [2.05, 4.69) is 10.4 Å². The van der Waals surface area contributed by atoms with Gasteiger partial charge in [0, 0.05) is 27.9 Å². The van der Waals surface area contributed by atoms with Gasteiger partial charge in [0.2, 0.25) is 5.91 Å². The van der Waals surface area contributed by atoms with Gasteiger partial charge in [0.15, 0.2) is 5.69 Å². The molecule has 2 heterocycles. The number of nitrogens with one attached hydrogen (secondary N) is 1. The summed E-state index contributed by atoms with van der Waals surface area (Å²) in [6.07, 6.45) is -0.0737. The van der Waals surface area contributed by atoms with E-state index in [1.54, 1.807) is 30.5 Å². The van der Waals surface area contributed by atoms with Crippen LogP contribution in [0.15, 0.2) is 58.7 Å². The first-order valence-corrected chi connectivity index (χ1v) is 11.5. The van der Waals surface area contributed by atoms with Crippen molar-refractivity contribution in [3.8, 4) is 5.69 Å². The Morgan fingerprint density at radius 2 is 1.97 bits per heavy atom.